The maximum absolute atomic E-state index is 10.8. The van der Waals surface area contributed by atoms with Crippen molar-refractivity contribution in [3.8, 4) is 11.5 Å². The molecule has 21 heavy (non-hydrogen) atoms. The number of para-hydroxylation sites is 1. The van der Waals surface area contributed by atoms with E-state index in [1.165, 1.54) is 0 Å². The summed E-state index contributed by atoms with van der Waals surface area (Å²) in [6, 6.07) is 12.5. The Morgan fingerprint density at radius 2 is 1.76 bits per heavy atom. The van der Waals surface area contributed by atoms with Crippen LogP contribution in [0.3, 0.4) is 0 Å². The molecule has 3 N–H and O–H groups in total. The van der Waals surface area contributed by atoms with Crippen molar-refractivity contribution >= 4 is 51.2 Å². The molecule has 0 saturated carbocycles. The van der Waals surface area contributed by atoms with Crippen molar-refractivity contribution in [2.45, 2.75) is 12.5 Å². The van der Waals surface area contributed by atoms with E-state index >= 15 is 0 Å². The molecule has 2 aromatic rings. The fraction of sp³-hybridized carbons (Fsp3) is 0.133. The zero-order valence-electron chi connectivity index (χ0n) is 10.9. The molecular formula is C15H13I2NO3. The lowest BCUT2D eigenvalue weighted by atomic mass is 10.1. The summed E-state index contributed by atoms with van der Waals surface area (Å²) in [6.45, 7) is 0. The van der Waals surface area contributed by atoms with Crippen LogP contribution in [0, 0.1) is 7.14 Å². The van der Waals surface area contributed by atoms with Gasteiger partial charge in [0.15, 0.2) is 5.75 Å². The summed E-state index contributed by atoms with van der Waals surface area (Å²) in [7, 11) is 0. The highest BCUT2D eigenvalue weighted by Gasteiger charge is 2.15. The van der Waals surface area contributed by atoms with Gasteiger partial charge in [-0.3, -0.25) is 4.79 Å². The number of nitrogens with two attached hydrogens (primary N) is 1. The first-order valence-electron chi connectivity index (χ1n) is 6.16. The summed E-state index contributed by atoms with van der Waals surface area (Å²) in [5.41, 5.74) is 6.46. The van der Waals surface area contributed by atoms with Crippen LogP contribution in [0.4, 0.5) is 0 Å². The minimum atomic E-state index is -0.996. The first-order valence-corrected chi connectivity index (χ1v) is 8.32. The minimum absolute atomic E-state index is 0.299. The normalized spacial score (nSPS) is 12.0. The number of ether oxygens (including phenoxy) is 1. The Bertz CT molecular complexity index is 624. The van der Waals surface area contributed by atoms with Crippen LogP contribution in [-0.2, 0) is 11.2 Å². The second-order valence-electron chi connectivity index (χ2n) is 4.45. The molecule has 0 aliphatic heterocycles. The average molecular weight is 509 g/mol. The van der Waals surface area contributed by atoms with E-state index in [1.807, 2.05) is 42.5 Å². The number of carboxylic acids is 1. The molecule has 110 valence electrons. The Morgan fingerprint density at radius 3 is 2.29 bits per heavy atom. The first-order chi connectivity index (χ1) is 9.97. The number of rotatable bonds is 5. The third-order valence-corrected chi connectivity index (χ3v) is 4.40. The monoisotopic (exact) mass is 509 g/mol. The van der Waals surface area contributed by atoms with Gasteiger partial charge in [-0.25, -0.2) is 0 Å². The zero-order valence-corrected chi connectivity index (χ0v) is 15.2. The van der Waals surface area contributed by atoms with Crippen molar-refractivity contribution in [3.05, 3.63) is 55.2 Å². The molecule has 0 fully saturated rings. The molecule has 0 unspecified atom stereocenters. The lowest BCUT2D eigenvalue weighted by Gasteiger charge is -2.13. The predicted octanol–water partition coefficient (Wildman–Crippen LogP) is 3.64. The number of carbonyl (C=O) groups is 1. The van der Waals surface area contributed by atoms with E-state index < -0.39 is 12.0 Å². The molecule has 0 radical (unpaired) electrons. The van der Waals surface area contributed by atoms with Crippen LogP contribution in [0.2, 0.25) is 0 Å². The van der Waals surface area contributed by atoms with Gasteiger partial charge in [-0.1, -0.05) is 18.2 Å². The smallest absolute Gasteiger partial charge is 0.320 e. The lowest BCUT2D eigenvalue weighted by molar-refractivity contribution is -0.138. The van der Waals surface area contributed by atoms with E-state index in [0.29, 0.717) is 6.42 Å². The fourth-order valence-electron chi connectivity index (χ4n) is 1.78. The molecule has 2 rings (SSSR count). The van der Waals surface area contributed by atoms with Crippen molar-refractivity contribution in [1.29, 1.82) is 0 Å². The van der Waals surface area contributed by atoms with E-state index in [9.17, 15) is 4.79 Å². The van der Waals surface area contributed by atoms with Crippen LogP contribution in [0.15, 0.2) is 42.5 Å². The number of halogens is 2. The summed E-state index contributed by atoms with van der Waals surface area (Å²) in [6.07, 6.45) is 0.299. The van der Waals surface area contributed by atoms with Crippen LogP contribution in [0.1, 0.15) is 5.56 Å². The highest BCUT2D eigenvalue weighted by Crippen LogP contribution is 2.33. The van der Waals surface area contributed by atoms with Gasteiger partial charge in [0.25, 0.3) is 0 Å². The van der Waals surface area contributed by atoms with Crippen molar-refractivity contribution in [2.24, 2.45) is 5.73 Å². The molecule has 0 aliphatic rings. The van der Waals surface area contributed by atoms with Gasteiger partial charge in [-0.2, -0.15) is 0 Å². The fourth-order valence-corrected chi connectivity index (χ4v) is 3.89. The molecule has 1 atom stereocenters. The van der Waals surface area contributed by atoms with E-state index in [0.717, 1.165) is 24.2 Å². The highest BCUT2D eigenvalue weighted by atomic mass is 127. The number of hydrogen-bond donors (Lipinski definition) is 2. The van der Waals surface area contributed by atoms with Gasteiger partial charge >= 0.3 is 5.97 Å². The van der Waals surface area contributed by atoms with Crippen LogP contribution in [0.5, 0.6) is 11.5 Å². The van der Waals surface area contributed by atoms with Crippen molar-refractivity contribution in [1.82, 2.24) is 0 Å². The standard InChI is InChI=1S/C15H13I2NO3/c16-11-6-9(8-13(18)15(19)20)7-12(17)14(11)21-10-4-2-1-3-5-10/h1-7,13H,8,18H2,(H,19,20)/t13-/m1/s1. The first kappa shape index (κ1) is 16.5. The largest absolute Gasteiger partial charge is 0.480 e. The second-order valence-corrected chi connectivity index (χ2v) is 6.78. The summed E-state index contributed by atoms with van der Waals surface area (Å²) in [5.74, 6) is 0.544. The molecule has 0 saturated heterocycles. The number of aliphatic carboxylic acids is 1. The second kappa shape index (κ2) is 7.41. The van der Waals surface area contributed by atoms with Crippen LogP contribution < -0.4 is 10.5 Å². The quantitative estimate of drug-likeness (QED) is 0.605. The van der Waals surface area contributed by atoms with Crippen molar-refractivity contribution in [2.75, 3.05) is 0 Å². The molecule has 0 bridgehead atoms. The van der Waals surface area contributed by atoms with Crippen molar-refractivity contribution in [3.63, 3.8) is 0 Å². The van der Waals surface area contributed by atoms with Crippen LogP contribution in [-0.4, -0.2) is 17.1 Å². The van der Waals surface area contributed by atoms with E-state index in [-0.39, 0.29) is 0 Å². The molecule has 0 heterocycles. The third-order valence-electron chi connectivity index (χ3n) is 2.79. The third kappa shape index (κ3) is 4.55. The number of carboxylic acid groups (broad SMARTS) is 1. The van der Waals surface area contributed by atoms with E-state index in [4.69, 9.17) is 15.6 Å². The van der Waals surface area contributed by atoms with E-state index in [1.54, 1.807) is 0 Å². The summed E-state index contributed by atoms with van der Waals surface area (Å²) >= 11 is 4.37. The van der Waals surface area contributed by atoms with Crippen LogP contribution >= 0.6 is 45.2 Å². The van der Waals surface area contributed by atoms with Gasteiger partial charge in [0, 0.05) is 0 Å². The Labute approximate surface area is 150 Å². The predicted molar refractivity (Wildman–Crippen MR) is 97.7 cm³/mol. The molecular weight excluding hydrogens is 496 g/mol. The molecule has 0 amide bonds. The number of benzene rings is 2. The Morgan fingerprint density at radius 1 is 1.19 bits per heavy atom. The topological polar surface area (TPSA) is 72.5 Å². The SMILES string of the molecule is N[C@H](Cc1cc(I)c(Oc2ccccc2)c(I)c1)C(=O)O. The van der Waals surface area contributed by atoms with Crippen LogP contribution in [0.25, 0.3) is 0 Å². The average Bonchev–Trinajstić information content (AvgIpc) is 2.44. The minimum Gasteiger partial charge on any atom is -0.480 e. The summed E-state index contributed by atoms with van der Waals surface area (Å²) < 4.78 is 7.74. The summed E-state index contributed by atoms with van der Waals surface area (Å²) in [4.78, 5) is 10.8. The van der Waals surface area contributed by atoms with E-state index in [2.05, 4.69) is 45.2 Å². The molecule has 0 aliphatic carbocycles. The number of hydrogen-bond acceptors (Lipinski definition) is 3. The Kier molecular flexibility index (Phi) is 5.82. The lowest BCUT2D eigenvalue weighted by Crippen LogP contribution is -2.32. The Hall–Kier alpha value is -0.870. The van der Waals surface area contributed by atoms with Crippen molar-refractivity contribution < 1.29 is 14.6 Å². The maximum Gasteiger partial charge on any atom is 0.320 e. The van der Waals surface area contributed by atoms with Gasteiger partial charge in [0.05, 0.1) is 7.14 Å². The zero-order chi connectivity index (χ0) is 15.4. The molecule has 6 heteroatoms. The van der Waals surface area contributed by atoms with Gasteiger partial charge in [-0.05, 0) is 81.4 Å². The molecule has 0 spiro atoms. The Balaban J connectivity index is 2.23. The molecule has 0 aromatic heterocycles. The highest BCUT2D eigenvalue weighted by molar-refractivity contribution is 14.1. The van der Waals surface area contributed by atoms with Gasteiger partial charge in [-0.15, -0.1) is 0 Å². The maximum atomic E-state index is 10.8. The molecule has 2 aromatic carbocycles. The summed E-state index contributed by atoms with van der Waals surface area (Å²) in [5, 5.41) is 8.88. The van der Waals surface area contributed by atoms with Gasteiger partial charge in [0.2, 0.25) is 0 Å². The molecule has 4 nitrogen and oxygen atoms in total. The van der Waals surface area contributed by atoms with Gasteiger partial charge < -0.3 is 15.6 Å². The van der Waals surface area contributed by atoms with Gasteiger partial charge in [0.1, 0.15) is 11.8 Å².